The largest absolute Gasteiger partial charge is 0.316 e. The van der Waals surface area contributed by atoms with Crippen LogP contribution >= 0.6 is 0 Å². The summed E-state index contributed by atoms with van der Waals surface area (Å²) in [5, 5.41) is 6.15. The summed E-state index contributed by atoms with van der Waals surface area (Å²) in [6.45, 7) is 9.37. The van der Waals surface area contributed by atoms with Crippen molar-refractivity contribution < 1.29 is 0 Å². The van der Waals surface area contributed by atoms with Crippen molar-refractivity contribution in [3.8, 4) is 0 Å². The molecule has 0 amide bonds. The first-order chi connectivity index (χ1) is 10.2. The summed E-state index contributed by atoms with van der Waals surface area (Å²) in [6.07, 6.45) is 4.01. The van der Waals surface area contributed by atoms with Crippen LogP contribution in [0.25, 0.3) is 10.8 Å². The van der Waals surface area contributed by atoms with Crippen LogP contribution in [0.15, 0.2) is 36.7 Å². The van der Waals surface area contributed by atoms with Crippen LogP contribution in [0, 0.1) is 11.8 Å². The van der Waals surface area contributed by atoms with E-state index < -0.39 is 0 Å². The molecule has 2 aromatic rings. The molecule has 1 aromatic carbocycles. The zero-order valence-electron chi connectivity index (χ0n) is 12.8. The molecule has 0 spiro atoms. The summed E-state index contributed by atoms with van der Waals surface area (Å²) < 4.78 is 0. The number of pyridine rings is 1. The van der Waals surface area contributed by atoms with Gasteiger partial charge in [0.15, 0.2) is 0 Å². The molecule has 3 heteroatoms. The summed E-state index contributed by atoms with van der Waals surface area (Å²) in [5.41, 5.74) is 1.62. The van der Waals surface area contributed by atoms with Crippen molar-refractivity contribution in [2.45, 2.75) is 25.9 Å². The van der Waals surface area contributed by atoms with Crippen molar-refractivity contribution in [3.05, 3.63) is 42.2 Å². The van der Waals surface area contributed by atoms with Crippen molar-refractivity contribution in [3.63, 3.8) is 0 Å². The standard InChI is InChI=1S/C18H23N3/c1-18(2)17-10-20-9-15(17)12-21(18)11-14-8-19-7-13-5-3-4-6-16(13)14/h3-8,15,17,20H,9-12H2,1-2H3. The van der Waals surface area contributed by atoms with Crippen LogP contribution in [0.4, 0.5) is 0 Å². The van der Waals surface area contributed by atoms with E-state index in [-0.39, 0.29) is 5.54 Å². The van der Waals surface area contributed by atoms with Gasteiger partial charge in [-0.3, -0.25) is 9.88 Å². The number of benzene rings is 1. The molecule has 2 saturated heterocycles. The number of fused-ring (bicyclic) bond motifs is 2. The first-order valence-corrected chi connectivity index (χ1v) is 7.93. The highest BCUT2D eigenvalue weighted by Gasteiger charge is 2.49. The molecule has 2 atom stereocenters. The fourth-order valence-corrected chi connectivity index (χ4v) is 4.28. The maximum absolute atomic E-state index is 4.44. The van der Waals surface area contributed by atoms with Crippen molar-refractivity contribution in [2.75, 3.05) is 19.6 Å². The minimum Gasteiger partial charge on any atom is -0.316 e. The van der Waals surface area contributed by atoms with Crippen molar-refractivity contribution in [1.29, 1.82) is 0 Å². The van der Waals surface area contributed by atoms with E-state index in [4.69, 9.17) is 0 Å². The molecule has 0 aliphatic carbocycles. The second kappa shape index (κ2) is 4.79. The smallest absolute Gasteiger partial charge is 0.0346 e. The van der Waals surface area contributed by atoms with Gasteiger partial charge in [-0.2, -0.15) is 0 Å². The molecule has 110 valence electrons. The van der Waals surface area contributed by atoms with Gasteiger partial charge in [-0.1, -0.05) is 24.3 Å². The normalized spacial score (nSPS) is 28.1. The predicted molar refractivity (Wildman–Crippen MR) is 86.1 cm³/mol. The minimum absolute atomic E-state index is 0.269. The Kier molecular flexibility index (Phi) is 3.02. The first kappa shape index (κ1) is 13.2. The third-order valence-electron chi connectivity index (χ3n) is 5.63. The fourth-order valence-electron chi connectivity index (χ4n) is 4.28. The quantitative estimate of drug-likeness (QED) is 0.917. The van der Waals surface area contributed by atoms with Gasteiger partial charge in [0.2, 0.25) is 0 Å². The minimum atomic E-state index is 0.269. The molecule has 4 rings (SSSR count). The zero-order valence-corrected chi connectivity index (χ0v) is 12.8. The Balaban J connectivity index is 1.66. The van der Waals surface area contributed by atoms with Crippen LogP contribution in [0.3, 0.4) is 0 Å². The molecule has 2 aliphatic rings. The average molecular weight is 281 g/mol. The van der Waals surface area contributed by atoms with Gasteiger partial charge < -0.3 is 5.32 Å². The summed E-state index contributed by atoms with van der Waals surface area (Å²) in [6, 6.07) is 8.58. The van der Waals surface area contributed by atoms with Crippen molar-refractivity contribution >= 4 is 10.8 Å². The number of nitrogens with zero attached hydrogens (tertiary/aromatic N) is 2. The summed E-state index contributed by atoms with van der Waals surface area (Å²) >= 11 is 0. The Morgan fingerprint density at radius 2 is 2.10 bits per heavy atom. The molecule has 1 N–H and O–H groups in total. The number of likely N-dealkylation sites (tertiary alicyclic amines) is 1. The van der Waals surface area contributed by atoms with Gasteiger partial charge in [0, 0.05) is 43.0 Å². The highest BCUT2D eigenvalue weighted by molar-refractivity contribution is 5.84. The van der Waals surface area contributed by atoms with Crippen LogP contribution in [-0.4, -0.2) is 35.1 Å². The molecule has 3 nitrogen and oxygen atoms in total. The third kappa shape index (κ3) is 2.07. The predicted octanol–water partition coefficient (Wildman–Crippen LogP) is 2.66. The van der Waals surface area contributed by atoms with E-state index in [1.165, 1.54) is 36.0 Å². The Bertz CT molecular complexity index is 659. The van der Waals surface area contributed by atoms with E-state index in [1.807, 2.05) is 12.4 Å². The van der Waals surface area contributed by atoms with Gasteiger partial charge in [0.1, 0.15) is 0 Å². The number of hydrogen-bond donors (Lipinski definition) is 1. The van der Waals surface area contributed by atoms with Crippen molar-refractivity contribution in [2.24, 2.45) is 11.8 Å². The van der Waals surface area contributed by atoms with Gasteiger partial charge >= 0.3 is 0 Å². The van der Waals surface area contributed by atoms with E-state index in [0.29, 0.717) is 0 Å². The lowest BCUT2D eigenvalue weighted by molar-refractivity contribution is 0.132. The van der Waals surface area contributed by atoms with E-state index in [2.05, 4.69) is 53.3 Å². The molecule has 2 fully saturated rings. The second-order valence-electron chi connectivity index (χ2n) is 7.08. The average Bonchev–Trinajstić information content (AvgIpc) is 3.03. The first-order valence-electron chi connectivity index (χ1n) is 7.93. The summed E-state index contributed by atoms with van der Waals surface area (Å²) in [5.74, 6) is 1.59. The molecule has 3 heterocycles. The Hall–Kier alpha value is -1.45. The van der Waals surface area contributed by atoms with Crippen LogP contribution < -0.4 is 5.32 Å². The SMILES string of the molecule is CC1(C)C2CNCC2CN1Cc1cncc2ccccc12. The Morgan fingerprint density at radius 3 is 2.95 bits per heavy atom. The summed E-state index contributed by atoms with van der Waals surface area (Å²) in [7, 11) is 0. The van der Waals surface area contributed by atoms with Crippen molar-refractivity contribution in [1.82, 2.24) is 15.2 Å². The number of aromatic nitrogens is 1. The molecule has 0 bridgehead atoms. The Labute approximate surface area is 126 Å². The molecule has 1 aromatic heterocycles. The van der Waals surface area contributed by atoms with E-state index in [0.717, 1.165) is 18.4 Å². The highest BCUT2D eigenvalue weighted by atomic mass is 15.2. The fraction of sp³-hybridized carbons (Fsp3) is 0.500. The van der Waals surface area contributed by atoms with E-state index >= 15 is 0 Å². The van der Waals surface area contributed by atoms with Gasteiger partial charge in [-0.05, 0) is 43.2 Å². The maximum atomic E-state index is 4.44. The van der Waals surface area contributed by atoms with Gasteiger partial charge in [-0.25, -0.2) is 0 Å². The number of hydrogen-bond acceptors (Lipinski definition) is 3. The molecule has 2 aliphatic heterocycles. The molecule has 21 heavy (non-hydrogen) atoms. The summed E-state index contributed by atoms with van der Waals surface area (Å²) in [4.78, 5) is 7.10. The molecule has 0 saturated carbocycles. The molecular weight excluding hydrogens is 258 g/mol. The van der Waals surface area contributed by atoms with E-state index in [1.54, 1.807) is 0 Å². The number of nitrogens with one attached hydrogen (secondary N) is 1. The Morgan fingerprint density at radius 1 is 1.24 bits per heavy atom. The maximum Gasteiger partial charge on any atom is 0.0346 e. The van der Waals surface area contributed by atoms with Crippen LogP contribution in [0.2, 0.25) is 0 Å². The van der Waals surface area contributed by atoms with Gasteiger partial charge in [-0.15, -0.1) is 0 Å². The van der Waals surface area contributed by atoms with Crippen LogP contribution in [-0.2, 0) is 6.54 Å². The lowest BCUT2D eigenvalue weighted by Gasteiger charge is -2.35. The zero-order chi connectivity index (χ0) is 14.4. The van der Waals surface area contributed by atoms with Gasteiger partial charge in [0.25, 0.3) is 0 Å². The molecule has 2 unspecified atom stereocenters. The highest BCUT2D eigenvalue weighted by Crippen LogP contribution is 2.41. The third-order valence-corrected chi connectivity index (χ3v) is 5.63. The van der Waals surface area contributed by atoms with Crippen LogP contribution in [0.1, 0.15) is 19.4 Å². The van der Waals surface area contributed by atoms with Crippen LogP contribution in [0.5, 0.6) is 0 Å². The van der Waals surface area contributed by atoms with E-state index in [9.17, 15) is 0 Å². The molecule has 0 radical (unpaired) electrons. The lowest BCUT2D eigenvalue weighted by Crippen LogP contribution is -2.43. The second-order valence-corrected chi connectivity index (χ2v) is 7.08. The molecular formula is C18H23N3. The number of rotatable bonds is 2. The lowest BCUT2D eigenvalue weighted by atomic mass is 9.85. The topological polar surface area (TPSA) is 28.2 Å². The monoisotopic (exact) mass is 281 g/mol. The van der Waals surface area contributed by atoms with Gasteiger partial charge in [0.05, 0.1) is 0 Å².